The lowest BCUT2D eigenvalue weighted by Crippen LogP contribution is -2.48. The monoisotopic (exact) mass is 653 g/mol. The van der Waals surface area contributed by atoms with E-state index in [9.17, 15) is 19.2 Å². The molecule has 0 aliphatic heterocycles. The fourth-order valence-electron chi connectivity index (χ4n) is 4.49. The summed E-state index contributed by atoms with van der Waals surface area (Å²) in [6.07, 6.45) is 1.91. The topological polar surface area (TPSA) is 195 Å². The van der Waals surface area contributed by atoms with Crippen LogP contribution in [-0.2, 0) is 32.3 Å². The van der Waals surface area contributed by atoms with Crippen LogP contribution in [0.4, 0.5) is 9.59 Å². The van der Waals surface area contributed by atoms with Crippen molar-refractivity contribution in [3.8, 4) is 0 Å². The van der Waals surface area contributed by atoms with Gasteiger partial charge in [0.25, 0.3) is 5.91 Å². The smallest absolute Gasteiger partial charge is 0.410 e. The van der Waals surface area contributed by atoms with Gasteiger partial charge in [0.05, 0.1) is 6.61 Å². The first-order valence-corrected chi connectivity index (χ1v) is 16.0. The van der Waals surface area contributed by atoms with Gasteiger partial charge in [0, 0.05) is 43.6 Å². The van der Waals surface area contributed by atoms with Gasteiger partial charge < -0.3 is 35.4 Å². The predicted octanol–water partition coefficient (Wildman–Crippen LogP) is 5.49. The number of unbranched alkanes of at least 4 members (excludes halogenated alkanes) is 4. The van der Waals surface area contributed by atoms with Crippen molar-refractivity contribution in [1.82, 2.24) is 20.9 Å². The Labute approximate surface area is 275 Å². The number of amides is 4. The van der Waals surface area contributed by atoms with Crippen molar-refractivity contribution in [2.75, 3.05) is 26.2 Å². The van der Waals surface area contributed by atoms with Crippen molar-refractivity contribution in [3.05, 3.63) is 82.2 Å². The van der Waals surface area contributed by atoms with Crippen LogP contribution in [0.1, 0.15) is 69.4 Å². The van der Waals surface area contributed by atoms with Gasteiger partial charge in [-0.2, -0.15) is 0 Å². The largest absolute Gasteiger partial charge is 0.465 e. The molecule has 0 aliphatic rings. The lowest BCUT2D eigenvalue weighted by molar-refractivity contribution is -0.142. The van der Waals surface area contributed by atoms with E-state index in [2.05, 4.69) is 26.0 Å². The maximum absolute atomic E-state index is 13.0. The van der Waals surface area contributed by atoms with Crippen molar-refractivity contribution in [2.24, 2.45) is 5.11 Å². The van der Waals surface area contributed by atoms with E-state index >= 15 is 0 Å². The number of nitrogens with one attached hydrogen (secondary N) is 3. The molecule has 4 amide bonds. The molecular formula is C33H47N7O7. The zero-order valence-corrected chi connectivity index (χ0v) is 27.0. The molecule has 0 saturated carbocycles. The fraction of sp³-hybridized carbons (Fsp3) is 0.515. The summed E-state index contributed by atoms with van der Waals surface area (Å²) in [5.74, 6) is -0.777. The molecule has 0 saturated heterocycles. The Hall–Kier alpha value is -4.81. The van der Waals surface area contributed by atoms with Crippen molar-refractivity contribution in [1.29, 1.82) is 0 Å². The van der Waals surface area contributed by atoms with Crippen LogP contribution in [0.15, 0.2) is 65.8 Å². The standard InChI is InChI=1S/C33H47N7O7/c1-26(37-32(43)44)19-23-40(33(45)47-25-28-16-8-5-9-17-28)22-13-12-20-35-30(42)31(46-24-27-14-6-4-7-15-27)38-29(41)18-10-2-3-11-21-36-39-34/h4-9,14-17,26,31,37H,2-3,10-13,18-25H2,1H3,(H,35,42)(H,38,41)(H,43,44)/t26-,31?/m1/s1. The molecule has 14 nitrogen and oxygen atoms in total. The molecule has 47 heavy (non-hydrogen) atoms. The molecule has 0 bridgehead atoms. The first-order chi connectivity index (χ1) is 22.8. The van der Waals surface area contributed by atoms with E-state index in [1.807, 2.05) is 60.7 Å². The minimum Gasteiger partial charge on any atom is -0.465 e. The van der Waals surface area contributed by atoms with E-state index < -0.39 is 24.3 Å². The number of hydrogen-bond acceptors (Lipinski definition) is 7. The maximum atomic E-state index is 13.0. The SMILES string of the molecule is C[C@H](CCN(CCCCNC(=O)C(NC(=O)CCCCCCN=[N+]=[N-])OCc1ccccc1)C(=O)OCc1ccccc1)NC(=O)O. The number of ether oxygens (including phenoxy) is 2. The van der Waals surface area contributed by atoms with Gasteiger partial charge in [0.15, 0.2) is 0 Å². The second kappa shape index (κ2) is 23.5. The predicted molar refractivity (Wildman–Crippen MR) is 176 cm³/mol. The van der Waals surface area contributed by atoms with E-state index in [0.29, 0.717) is 38.8 Å². The lowest BCUT2D eigenvalue weighted by Gasteiger charge is -2.24. The normalized spacial score (nSPS) is 11.8. The van der Waals surface area contributed by atoms with Gasteiger partial charge in [-0.3, -0.25) is 9.59 Å². The molecule has 2 atom stereocenters. The van der Waals surface area contributed by atoms with Crippen LogP contribution in [-0.4, -0.2) is 72.5 Å². The summed E-state index contributed by atoms with van der Waals surface area (Å²) in [5, 5.41) is 20.4. The molecule has 4 N–H and O–H groups in total. The fourth-order valence-corrected chi connectivity index (χ4v) is 4.49. The van der Waals surface area contributed by atoms with Crippen LogP contribution >= 0.6 is 0 Å². The van der Waals surface area contributed by atoms with Crippen molar-refractivity contribution < 1.29 is 33.8 Å². The van der Waals surface area contributed by atoms with Gasteiger partial charge in [0.1, 0.15) is 6.61 Å². The summed E-state index contributed by atoms with van der Waals surface area (Å²) in [5.41, 5.74) is 10.0. The Balaban J connectivity index is 1.85. The average molecular weight is 654 g/mol. The van der Waals surface area contributed by atoms with Gasteiger partial charge in [-0.1, -0.05) is 78.6 Å². The number of carboxylic acid groups (broad SMARTS) is 1. The highest BCUT2D eigenvalue weighted by Gasteiger charge is 2.22. The van der Waals surface area contributed by atoms with Crippen molar-refractivity contribution in [3.63, 3.8) is 0 Å². The molecule has 14 heteroatoms. The van der Waals surface area contributed by atoms with Crippen LogP contribution in [0, 0.1) is 0 Å². The number of nitrogens with zero attached hydrogens (tertiary/aromatic N) is 4. The first kappa shape index (κ1) is 38.4. The molecular weight excluding hydrogens is 606 g/mol. The zero-order chi connectivity index (χ0) is 34.1. The van der Waals surface area contributed by atoms with Crippen LogP contribution in [0.5, 0.6) is 0 Å². The van der Waals surface area contributed by atoms with E-state index in [4.69, 9.17) is 20.1 Å². The highest BCUT2D eigenvalue weighted by molar-refractivity contribution is 5.86. The van der Waals surface area contributed by atoms with Crippen LogP contribution in [0.25, 0.3) is 10.4 Å². The number of azide groups is 1. The molecule has 0 aromatic heterocycles. The molecule has 2 aromatic carbocycles. The molecule has 256 valence electrons. The highest BCUT2D eigenvalue weighted by Crippen LogP contribution is 2.08. The molecule has 0 spiro atoms. The second-order valence-electron chi connectivity index (χ2n) is 11.0. The molecule has 0 fully saturated rings. The van der Waals surface area contributed by atoms with Crippen molar-refractivity contribution >= 4 is 24.0 Å². The summed E-state index contributed by atoms with van der Waals surface area (Å²) in [6.45, 7) is 3.32. The third kappa shape index (κ3) is 18.1. The summed E-state index contributed by atoms with van der Waals surface area (Å²) in [4.78, 5) is 53.8. The first-order valence-electron chi connectivity index (χ1n) is 16.0. The molecule has 0 radical (unpaired) electrons. The van der Waals surface area contributed by atoms with E-state index in [1.165, 1.54) is 4.90 Å². The van der Waals surface area contributed by atoms with Gasteiger partial charge in [-0.25, -0.2) is 9.59 Å². The summed E-state index contributed by atoms with van der Waals surface area (Å²) in [7, 11) is 0. The average Bonchev–Trinajstić information content (AvgIpc) is 3.06. The van der Waals surface area contributed by atoms with Gasteiger partial charge >= 0.3 is 12.2 Å². The van der Waals surface area contributed by atoms with Crippen LogP contribution in [0.2, 0.25) is 0 Å². The number of carbonyl (C=O) groups is 4. The Kier molecular flexibility index (Phi) is 19.2. The quantitative estimate of drug-likeness (QED) is 0.0400. The number of hydrogen-bond donors (Lipinski definition) is 4. The Morgan fingerprint density at radius 2 is 1.53 bits per heavy atom. The van der Waals surface area contributed by atoms with Gasteiger partial charge in [-0.05, 0) is 55.7 Å². The molecule has 2 aromatic rings. The summed E-state index contributed by atoms with van der Waals surface area (Å²) >= 11 is 0. The highest BCUT2D eigenvalue weighted by atomic mass is 16.6. The number of carbonyl (C=O) groups excluding carboxylic acids is 3. The minimum absolute atomic E-state index is 0.114. The van der Waals surface area contributed by atoms with Crippen LogP contribution < -0.4 is 16.0 Å². The summed E-state index contributed by atoms with van der Waals surface area (Å²) < 4.78 is 11.3. The molecule has 1 unspecified atom stereocenters. The zero-order valence-electron chi connectivity index (χ0n) is 27.0. The Morgan fingerprint density at radius 3 is 2.19 bits per heavy atom. The summed E-state index contributed by atoms with van der Waals surface area (Å²) in [6, 6.07) is 18.3. The number of rotatable bonds is 23. The second-order valence-corrected chi connectivity index (χ2v) is 11.0. The third-order valence-electron chi connectivity index (χ3n) is 7.08. The number of benzene rings is 2. The van der Waals surface area contributed by atoms with Crippen LogP contribution in [0.3, 0.4) is 0 Å². The van der Waals surface area contributed by atoms with Crippen molar-refractivity contribution in [2.45, 2.75) is 83.8 Å². The van der Waals surface area contributed by atoms with E-state index in [-0.39, 0.29) is 44.7 Å². The Morgan fingerprint density at radius 1 is 0.872 bits per heavy atom. The minimum atomic E-state index is -1.18. The lowest BCUT2D eigenvalue weighted by atomic mass is 10.1. The molecule has 0 aliphatic carbocycles. The maximum Gasteiger partial charge on any atom is 0.410 e. The Bertz CT molecular complexity index is 1260. The molecule has 0 heterocycles. The van der Waals surface area contributed by atoms with E-state index in [1.54, 1.807) is 6.92 Å². The third-order valence-corrected chi connectivity index (χ3v) is 7.08. The molecule has 2 rings (SSSR count). The van der Waals surface area contributed by atoms with Gasteiger partial charge in [0.2, 0.25) is 12.1 Å². The van der Waals surface area contributed by atoms with Gasteiger partial charge in [-0.15, -0.1) is 0 Å². The van der Waals surface area contributed by atoms with E-state index in [0.717, 1.165) is 30.4 Å².